The van der Waals surface area contributed by atoms with Crippen LogP contribution >= 0.6 is 44.1 Å². The first-order chi connectivity index (χ1) is 10.5. The normalized spacial score (nSPS) is 25.8. The maximum atomic E-state index is 9.95. The molecule has 0 heterocycles. The topological polar surface area (TPSA) is 56.7 Å². The molecule has 3 rings (SSSR count). The number of allylic oxidation sites excluding steroid dienone is 1. The highest BCUT2D eigenvalue weighted by molar-refractivity contribution is 9.11. The van der Waals surface area contributed by atoms with Gasteiger partial charge in [0, 0.05) is 16.1 Å². The fourth-order valence-electron chi connectivity index (χ4n) is 2.99. The van der Waals surface area contributed by atoms with E-state index in [1.807, 2.05) is 0 Å². The highest BCUT2D eigenvalue weighted by Gasteiger charge is 2.35. The second-order valence-electron chi connectivity index (χ2n) is 5.56. The average Bonchev–Trinajstić information content (AvgIpc) is 3.06. The number of nitrogens with zero attached hydrogens (tertiary/aromatic N) is 1. The van der Waals surface area contributed by atoms with Gasteiger partial charge in [-0.2, -0.15) is 5.10 Å². The summed E-state index contributed by atoms with van der Waals surface area (Å²) in [7, 11) is 0. The maximum Gasteiger partial charge on any atom is 0.187 e. The number of phenols is 1. The van der Waals surface area contributed by atoms with Crippen molar-refractivity contribution >= 4 is 55.4 Å². The van der Waals surface area contributed by atoms with Crippen LogP contribution in [0.2, 0.25) is 0 Å². The molecule has 2 aliphatic rings. The predicted octanol–water partition coefficient (Wildman–Crippen LogP) is 3.68. The zero-order chi connectivity index (χ0) is 15.7. The van der Waals surface area contributed by atoms with Crippen LogP contribution in [-0.4, -0.2) is 22.5 Å². The molecule has 1 aromatic carbocycles. The summed E-state index contributed by atoms with van der Waals surface area (Å²) in [5, 5.41) is 17.9. The van der Waals surface area contributed by atoms with Crippen molar-refractivity contribution in [2.45, 2.75) is 18.9 Å². The van der Waals surface area contributed by atoms with Crippen molar-refractivity contribution < 1.29 is 5.11 Å². The monoisotopic (exact) mass is 443 g/mol. The predicted molar refractivity (Wildman–Crippen MR) is 99.1 cm³/mol. The van der Waals surface area contributed by atoms with Gasteiger partial charge in [-0.1, -0.05) is 28.1 Å². The standard InChI is InChI=1S/C15H15Br2N3OS/c16-11-5-10(14(21)12(17)6-11)7-18-20-15(22)19-13-4-8-1-2-9(13)3-8/h1-2,5-9,13,21H,3-4H2,(H2,19,20,22)/b18-7-/t8-,9+,13+/m1/s1. The molecule has 22 heavy (non-hydrogen) atoms. The summed E-state index contributed by atoms with van der Waals surface area (Å²) < 4.78 is 1.46. The Morgan fingerprint density at radius 2 is 2.14 bits per heavy atom. The van der Waals surface area contributed by atoms with E-state index in [9.17, 15) is 5.11 Å². The summed E-state index contributed by atoms with van der Waals surface area (Å²) in [6.45, 7) is 0. The van der Waals surface area contributed by atoms with Gasteiger partial charge in [-0.15, -0.1) is 0 Å². The van der Waals surface area contributed by atoms with Gasteiger partial charge in [-0.05, 0) is 65.0 Å². The maximum absolute atomic E-state index is 9.95. The molecule has 0 aliphatic heterocycles. The van der Waals surface area contributed by atoms with Crippen LogP contribution in [0.1, 0.15) is 18.4 Å². The molecule has 0 radical (unpaired) electrons. The number of rotatable bonds is 3. The molecule has 0 spiro atoms. The minimum absolute atomic E-state index is 0.144. The van der Waals surface area contributed by atoms with Crippen molar-refractivity contribution in [3.63, 3.8) is 0 Å². The second-order valence-corrected chi connectivity index (χ2v) is 7.73. The first kappa shape index (κ1) is 16.0. The molecule has 0 saturated heterocycles. The van der Waals surface area contributed by atoms with E-state index in [1.165, 1.54) is 6.42 Å². The van der Waals surface area contributed by atoms with Crippen molar-refractivity contribution in [3.8, 4) is 5.75 Å². The lowest BCUT2D eigenvalue weighted by Crippen LogP contribution is -2.42. The Kier molecular flexibility index (Phi) is 4.84. The van der Waals surface area contributed by atoms with Gasteiger partial charge in [-0.25, -0.2) is 0 Å². The molecule has 116 valence electrons. The van der Waals surface area contributed by atoms with Gasteiger partial charge in [0.15, 0.2) is 5.11 Å². The molecule has 1 saturated carbocycles. The molecule has 3 N–H and O–H groups in total. The number of aromatic hydroxyl groups is 1. The molecular formula is C15H15Br2N3OS. The van der Waals surface area contributed by atoms with Crippen molar-refractivity contribution in [2.75, 3.05) is 0 Å². The lowest BCUT2D eigenvalue weighted by molar-refractivity contribution is 0.471. The fraction of sp³-hybridized carbons (Fsp3) is 0.333. The Labute approximate surface area is 151 Å². The van der Waals surface area contributed by atoms with Crippen LogP contribution in [0.25, 0.3) is 0 Å². The Hall–Kier alpha value is -0.920. The van der Waals surface area contributed by atoms with Gasteiger partial charge in [0.25, 0.3) is 0 Å². The third-order valence-corrected chi connectivity index (χ3v) is 5.29. The lowest BCUT2D eigenvalue weighted by Gasteiger charge is -2.20. The Balaban J connectivity index is 1.56. The number of nitrogens with one attached hydrogen (secondary N) is 2. The third-order valence-electron chi connectivity index (χ3n) is 4.02. The van der Waals surface area contributed by atoms with Crippen molar-refractivity contribution in [1.29, 1.82) is 0 Å². The number of thiocarbonyl (C=S) groups is 1. The molecule has 4 nitrogen and oxygen atoms in total. The van der Waals surface area contributed by atoms with Crippen LogP contribution < -0.4 is 10.7 Å². The molecular weight excluding hydrogens is 430 g/mol. The Bertz CT molecular complexity index is 662. The zero-order valence-electron chi connectivity index (χ0n) is 11.6. The van der Waals surface area contributed by atoms with Gasteiger partial charge in [0.05, 0.1) is 10.7 Å². The van der Waals surface area contributed by atoms with E-state index in [0.29, 0.717) is 33.0 Å². The smallest absolute Gasteiger partial charge is 0.187 e. The molecule has 7 heteroatoms. The van der Waals surface area contributed by atoms with Crippen LogP contribution in [0.15, 0.2) is 38.3 Å². The fourth-order valence-corrected chi connectivity index (χ4v) is 4.45. The summed E-state index contributed by atoms with van der Waals surface area (Å²) in [6, 6.07) is 3.95. The minimum atomic E-state index is 0.144. The molecule has 1 fully saturated rings. The van der Waals surface area contributed by atoms with Gasteiger partial charge in [-0.3, -0.25) is 5.43 Å². The SMILES string of the molecule is Oc1c(Br)cc(Br)cc1/C=N\NC(=S)N[C@H]1C[C@@H]2C=C[C@H]1C2. The van der Waals surface area contributed by atoms with Crippen LogP contribution in [0.4, 0.5) is 0 Å². The van der Waals surface area contributed by atoms with E-state index in [2.05, 4.69) is 59.9 Å². The molecule has 0 unspecified atom stereocenters. The van der Waals surface area contributed by atoms with E-state index in [-0.39, 0.29) is 5.75 Å². The number of hydrazone groups is 1. The zero-order valence-corrected chi connectivity index (χ0v) is 15.6. The van der Waals surface area contributed by atoms with Gasteiger partial charge >= 0.3 is 0 Å². The van der Waals surface area contributed by atoms with Crippen LogP contribution in [0.3, 0.4) is 0 Å². The number of benzene rings is 1. The van der Waals surface area contributed by atoms with E-state index in [1.54, 1.807) is 18.3 Å². The van der Waals surface area contributed by atoms with Crippen LogP contribution in [-0.2, 0) is 0 Å². The number of fused-ring (bicyclic) bond motifs is 2. The van der Waals surface area contributed by atoms with Gasteiger partial charge < -0.3 is 10.4 Å². The molecule has 0 amide bonds. The Morgan fingerprint density at radius 3 is 2.82 bits per heavy atom. The molecule has 3 atom stereocenters. The third kappa shape index (κ3) is 3.52. The minimum Gasteiger partial charge on any atom is -0.506 e. The summed E-state index contributed by atoms with van der Waals surface area (Å²) >= 11 is 11.9. The van der Waals surface area contributed by atoms with E-state index >= 15 is 0 Å². The number of phenolic OH excluding ortho intramolecular Hbond substituents is 1. The highest BCUT2D eigenvalue weighted by Crippen LogP contribution is 2.38. The number of hydrogen-bond donors (Lipinski definition) is 3. The van der Waals surface area contributed by atoms with Gasteiger partial charge in [0.2, 0.25) is 0 Å². The lowest BCUT2D eigenvalue weighted by atomic mass is 10.0. The molecule has 0 aromatic heterocycles. The van der Waals surface area contributed by atoms with E-state index in [0.717, 1.165) is 10.9 Å². The first-order valence-corrected chi connectivity index (χ1v) is 8.98. The van der Waals surface area contributed by atoms with Gasteiger partial charge in [0.1, 0.15) is 5.75 Å². The average molecular weight is 445 g/mol. The highest BCUT2D eigenvalue weighted by atomic mass is 79.9. The quantitative estimate of drug-likeness (QED) is 0.288. The summed E-state index contributed by atoms with van der Waals surface area (Å²) in [5.41, 5.74) is 3.40. The molecule has 2 bridgehead atoms. The first-order valence-electron chi connectivity index (χ1n) is 6.99. The Morgan fingerprint density at radius 1 is 1.32 bits per heavy atom. The van der Waals surface area contributed by atoms with Crippen molar-refractivity contribution in [3.05, 3.63) is 38.8 Å². The van der Waals surface area contributed by atoms with E-state index < -0.39 is 0 Å². The number of hydrogen-bond acceptors (Lipinski definition) is 3. The summed E-state index contributed by atoms with van der Waals surface area (Å²) in [5.74, 6) is 1.43. The summed E-state index contributed by atoms with van der Waals surface area (Å²) in [4.78, 5) is 0. The number of halogens is 2. The van der Waals surface area contributed by atoms with Crippen LogP contribution in [0, 0.1) is 11.8 Å². The van der Waals surface area contributed by atoms with Crippen molar-refractivity contribution in [1.82, 2.24) is 10.7 Å². The largest absolute Gasteiger partial charge is 0.506 e. The summed E-state index contributed by atoms with van der Waals surface area (Å²) in [6.07, 6.45) is 8.47. The molecule has 1 aromatic rings. The van der Waals surface area contributed by atoms with Crippen molar-refractivity contribution in [2.24, 2.45) is 16.9 Å². The molecule has 2 aliphatic carbocycles. The second kappa shape index (κ2) is 6.68. The van der Waals surface area contributed by atoms with Crippen LogP contribution in [0.5, 0.6) is 5.75 Å². The van der Waals surface area contributed by atoms with E-state index in [4.69, 9.17) is 12.2 Å².